The Morgan fingerprint density at radius 2 is 2.05 bits per heavy atom. The summed E-state index contributed by atoms with van der Waals surface area (Å²) in [5, 5.41) is 3.02. The number of amides is 1. The van der Waals surface area contributed by atoms with Crippen LogP contribution < -0.4 is 10.2 Å². The van der Waals surface area contributed by atoms with Crippen LogP contribution >= 0.6 is 0 Å². The van der Waals surface area contributed by atoms with Crippen molar-refractivity contribution in [3.05, 3.63) is 65.2 Å². The molecule has 0 aromatic heterocycles. The normalized spacial score (nSPS) is 16.5. The van der Waals surface area contributed by atoms with Crippen LogP contribution in [-0.4, -0.2) is 18.5 Å². The molecule has 3 nitrogen and oxygen atoms in total. The number of hydrogen-bond acceptors (Lipinski definition) is 2. The Kier molecular flexibility index (Phi) is 4.14. The lowest BCUT2D eigenvalue weighted by Gasteiger charge is -2.24. The SMILES string of the molecule is Cc1cccc(CNC(=O)CN2c3ccccc3CC2C)c1. The first-order chi connectivity index (χ1) is 10.6. The predicted molar refractivity (Wildman–Crippen MR) is 90.0 cm³/mol. The number of benzene rings is 2. The number of nitrogens with one attached hydrogen (secondary N) is 1. The van der Waals surface area contributed by atoms with E-state index in [2.05, 4.69) is 54.4 Å². The quantitative estimate of drug-likeness (QED) is 0.940. The van der Waals surface area contributed by atoms with Gasteiger partial charge in [-0.2, -0.15) is 0 Å². The highest BCUT2D eigenvalue weighted by molar-refractivity contribution is 5.82. The molecule has 2 aromatic carbocycles. The number of nitrogens with zero attached hydrogens (tertiary/aromatic N) is 1. The molecule has 114 valence electrons. The Bertz CT molecular complexity index is 681. The fourth-order valence-electron chi connectivity index (χ4n) is 3.10. The van der Waals surface area contributed by atoms with Crippen LogP contribution in [-0.2, 0) is 17.8 Å². The molecule has 1 aliphatic heterocycles. The Hall–Kier alpha value is -2.29. The monoisotopic (exact) mass is 294 g/mol. The first-order valence-corrected chi connectivity index (χ1v) is 7.80. The average Bonchev–Trinajstić information content (AvgIpc) is 2.81. The number of hydrogen-bond donors (Lipinski definition) is 1. The summed E-state index contributed by atoms with van der Waals surface area (Å²) in [6, 6.07) is 17.0. The maximum Gasteiger partial charge on any atom is 0.239 e. The van der Waals surface area contributed by atoms with Crippen molar-refractivity contribution in [2.45, 2.75) is 32.9 Å². The van der Waals surface area contributed by atoms with E-state index in [1.807, 2.05) is 18.2 Å². The third-order valence-corrected chi connectivity index (χ3v) is 4.23. The molecule has 0 radical (unpaired) electrons. The zero-order valence-corrected chi connectivity index (χ0v) is 13.2. The molecule has 1 aliphatic rings. The van der Waals surface area contributed by atoms with Crippen LogP contribution in [0.2, 0.25) is 0 Å². The zero-order chi connectivity index (χ0) is 15.5. The molecule has 0 saturated carbocycles. The molecular formula is C19H22N2O. The summed E-state index contributed by atoms with van der Waals surface area (Å²) in [6.07, 6.45) is 1.02. The minimum atomic E-state index is 0.0741. The van der Waals surface area contributed by atoms with Crippen LogP contribution in [0.25, 0.3) is 0 Å². The number of fused-ring (bicyclic) bond motifs is 1. The standard InChI is InChI=1S/C19H22N2O/c1-14-6-5-7-16(10-14)12-20-19(22)13-21-15(2)11-17-8-3-4-9-18(17)21/h3-10,15H,11-13H2,1-2H3,(H,20,22). The number of para-hydroxylation sites is 1. The highest BCUT2D eigenvalue weighted by Gasteiger charge is 2.26. The van der Waals surface area contributed by atoms with Crippen molar-refractivity contribution in [2.24, 2.45) is 0 Å². The first kappa shape index (κ1) is 14.6. The van der Waals surface area contributed by atoms with Gasteiger partial charge in [-0.3, -0.25) is 4.79 Å². The van der Waals surface area contributed by atoms with Gasteiger partial charge in [0, 0.05) is 18.3 Å². The molecule has 1 amide bonds. The second-order valence-corrected chi connectivity index (χ2v) is 6.08. The lowest BCUT2D eigenvalue weighted by Crippen LogP contribution is -2.39. The van der Waals surface area contributed by atoms with Gasteiger partial charge >= 0.3 is 0 Å². The molecule has 3 heteroatoms. The van der Waals surface area contributed by atoms with Crippen LogP contribution in [0.5, 0.6) is 0 Å². The van der Waals surface area contributed by atoms with Gasteiger partial charge in [-0.15, -0.1) is 0 Å². The lowest BCUT2D eigenvalue weighted by molar-refractivity contribution is -0.120. The van der Waals surface area contributed by atoms with E-state index in [0.717, 1.165) is 12.0 Å². The van der Waals surface area contributed by atoms with E-state index in [1.54, 1.807) is 0 Å². The highest BCUT2D eigenvalue weighted by Crippen LogP contribution is 2.31. The van der Waals surface area contributed by atoms with Crippen LogP contribution in [0, 0.1) is 6.92 Å². The van der Waals surface area contributed by atoms with Crippen molar-refractivity contribution >= 4 is 11.6 Å². The van der Waals surface area contributed by atoms with E-state index >= 15 is 0 Å². The van der Waals surface area contributed by atoms with E-state index in [9.17, 15) is 4.79 Å². The van der Waals surface area contributed by atoms with Crippen LogP contribution in [0.1, 0.15) is 23.6 Å². The number of rotatable bonds is 4. The minimum absolute atomic E-state index is 0.0741. The van der Waals surface area contributed by atoms with Gasteiger partial charge in [-0.05, 0) is 37.5 Å². The van der Waals surface area contributed by atoms with Crippen molar-refractivity contribution in [3.8, 4) is 0 Å². The predicted octanol–water partition coefficient (Wildman–Crippen LogP) is 3.06. The molecule has 0 fully saturated rings. The van der Waals surface area contributed by atoms with Crippen molar-refractivity contribution in [1.82, 2.24) is 5.32 Å². The van der Waals surface area contributed by atoms with Gasteiger partial charge < -0.3 is 10.2 Å². The zero-order valence-electron chi connectivity index (χ0n) is 13.2. The number of carbonyl (C=O) groups excluding carboxylic acids is 1. The van der Waals surface area contributed by atoms with Crippen LogP contribution in [0.15, 0.2) is 48.5 Å². The summed E-state index contributed by atoms with van der Waals surface area (Å²) in [4.78, 5) is 14.5. The molecule has 1 atom stereocenters. The van der Waals surface area contributed by atoms with E-state index in [1.165, 1.54) is 16.8 Å². The molecule has 1 heterocycles. The Morgan fingerprint density at radius 3 is 2.86 bits per heavy atom. The molecule has 0 aliphatic carbocycles. The molecule has 0 bridgehead atoms. The largest absolute Gasteiger partial charge is 0.359 e. The minimum Gasteiger partial charge on any atom is -0.359 e. The average molecular weight is 294 g/mol. The Morgan fingerprint density at radius 1 is 1.23 bits per heavy atom. The van der Waals surface area contributed by atoms with Crippen molar-refractivity contribution in [3.63, 3.8) is 0 Å². The maximum absolute atomic E-state index is 12.3. The molecule has 1 unspecified atom stereocenters. The summed E-state index contributed by atoms with van der Waals surface area (Å²) < 4.78 is 0. The van der Waals surface area contributed by atoms with Gasteiger partial charge in [0.1, 0.15) is 0 Å². The van der Waals surface area contributed by atoms with Gasteiger partial charge in [0.05, 0.1) is 6.54 Å². The fraction of sp³-hybridized carbons (Fsp3) is 0.316. The molecule has 2 aromatic rings. The summed E-state index contributed by atoms with van der Waals surface area (Å²) in [5.41, 5.74) is 4.89. The molecular weight excluding hydrogens is 272 g/mol. The van der Waals surface area contributed by atoms with Gasteiger partial charge in [-0.1, -0.05) is 48.0 Å². The van der Waals surface area contributed by atoms with E-state index in [-0.39, 0.29) is 5.91 Å². The first-order valence-electron chi connectivity index (χ1n) is 7.80. The maximum atomic E-state index is 12.3. The molecule has 22 heavy (non-hydrogen) atoms. The molecule has 0 saturated heterocycles. The third-order valence-electron chi connectivity index (χ3n) is 4.23. The van der Waals surface area contributed by atoms with Gasteiger partial charge in [0.2, 0.25) is 5.91 Å². The fourth-order valence-corrected chi connectivity index (χ4v) is 3.10. The van der Waals surface area contributed by atoms with Crippen molar-refractivity contribution < 1.29 is 4.79 Å². The van der Waals surface area contributed by atoms with E-state index in [4.69, 9.17) is 0 Å². The number of anilines is 1. The Labute approximate surface area is 132 Å². The molecule has 1 N–H and O–H groups in total. The van der Waals surface area contributed by atoms with Crippen LogP contribution in [0.3, 0.4) is 0 Å². The summed E-state index contributed by atoms with van der Waals surface area (Å²) >= 11 is 0. The number of carbonyl (C=O) groups is 1. The van der Waals surface area contributed by atoms with Crippen LogP contribution in [0.4, 0.5) is 5.69 Å². The second-order valence-electron chi connectivity index (χ2n) is 6.08. The van der Waals surface area contributed by atoms with E-state index in [0.29, 0.717) is 19.1 Å². The Balaban J connectivity index is 1.60. The topological polar surface area (TPSA) is 32.3 Å². The second kappa shape index (κ2) is 6.22. The lowest BCUT2D eigenvalue weighted by atomic mass is 10.1. The highest BCUT2D eigenvalue weighted by atomic mass is 16.2. The summed E-state index contributed by atoms with van der Waals surface area (Å²) in [7, 11) is 0. The summed E-state index contributed by atoms with van der Waals surface area (Å²) in [5.74, 6) is 0.0741. The van der Waals surface area contributed by atoms with Gasteiger partial charge in [0.15, 0.2) is 0 Å². The molecule has 0 spiro atoms. The van der Waals surface area contributed by atoms with E-state index < -0.39 is 0 Å². The third kappa shape index (κ3) is 3.14. The summed E-state index contributed by atoms with van der Waals surface area (Å²) in [6.45, 7) is 5.25. The molecule has 3 rings (SSSR count). The van der Waals surface area contributed by atoms with Crippen molar-refractivity contribution in [2.75, 3.05) is 11.4 Å². The van der Waals surface area contributed by atoms with Gasteiger partial charge in [-0.25, -0.2) is 0 Å². The van der Waals surface area contributed by atoms with Gasteiger partial charge in [0.25, 0.3) is 0 Å². The smallest absolute Gasteiger partial charge is 0.239 e. The van der Waals surface area contributed by atoms with Crippen molar-refractivity contribution in [1.29, 1.82) is 0 Å². The number of aryl methyl sites for hydroxylation is 1.